The average Bonchev–Trinajstić information content (AvgIpc) is 3.11. The smallest absolute Gasteiger partial charge is 0.0599 e. The Hall–Kier alpha value is -0.420. The van der Waals surface area contributed by atoms with Crippen molar-refractivity contribution < 1.29 is 9.47 Å². The standard InChI is InChI=1S/C15H23NO2S/c1-2-15(19-9-1)10-16-6-3-14(4-7-16)18-12-13-5-8-17-11-13/h1-2,9,13-14H,3-8,10-12H2/t13-/m0/s1. The van der Waals surface area contributed by atoms with Gasteiger partial charge in [-0.25, -0.2) is 0 Å². The number of likely N-dealkylation sites (tertiary alicyclic amines) is 1. The van der Waals surface area contributed by atoms with Crippen molar-refractivity contribution in [3.8, 4) is 0 Å². The molecule has 1 aromatic heterocycles. The molecule has 3 nitrogen and oxygen atoms in total. The van der Waals surface area contributed by atoms with E-state index in [-0.39, 0.29) is 0 Å². The topological polar surface area (TPSA) is 21.7 Å². The summed E-state index contributed by atoms with van der Waals surface area (Å²) >= 11 is 1.86. The van der Waals surface area contributed by atoms with Gasteiger partial charge in [-0.2, -0.15) is 0 Å². The second-order valence-corrected chi connectivity index (χ2v) is 6.65. The Balaban J connectivity index is 1.34. The van der Waals surface area contributed by atoms with Gasteiger partial charge in [0.05, 0.1) is 19.3 Å². The van der Waals surface area contributed by atoms with Crippen LogP contribution < -0.4 is 0 Å². The SMILES string of the molecule is c1csc(CN2CCC(OC[C@H]3CCOC3)CC2)c1. The highest BCUT2D eigenvalue weighted by Crippen LogP contribution is 2.20. The average molecular weight is 281 g/mol. The molecular formula is C15H23NO2S. The molecule has 3 heterocycles. The van der Waals surface area contributed by atoms with Crippen LogP contribution in [0.4, 0.5) is 0 Å². The van der Waals surface area contributed by atoms with Crippen LogP contribution in [0.3, 0.4) is 0 Å². The van der Waals surface area contributed by atoms with Crippen LogP contribution in [0, 0.1) is 5.92 Å². The van der Waals surface area contributed by atoms with Crippen LogP contribution >= 0.6 is 11.3 Å². The van der Waals surface area contributed by atoms with E-state index in [2.05, 4.69) is 22.4 Å². The molecule has 2 aliphatic rings. The van der Waals surface area contributed by atoms with E-state index < -0.39 is 0 Å². The Bertz CT molecular complexity index is 354. The minimum atomic E-state index is 0.472. The van der Waals surface area contributed by atoms with Gasteiger partial charge in [0.1, 0.15) is 0 Å². The molecule has 0 N–H and O–H groups in total. The number of hydrogen-bond donors (Lipinski definition) is 0. The van der Waals surface area contributed by atoms with Gasteiger partial charge < -0.3 is 9.47 Å². The third-order valence-electron chi connectivity index (χ3n) is 4.09. The lowest BCUT2D eigenvalue weighted by Gasteiger charge is -2.32. The molecule has 0 aromatic carbocycles. The summed E-state index contributed by atoms with van der Waals surface area (Å²) in [5, 5.41) is 2.16. The first-order valence-corrected chi connectivity index (χ1v) is 8.22. The van der Waals surface area contributed by atoms with E-state index >= 15 is 0 Å². The van der Waals surface area contributed by atoms with E-state index in [1.807, 2.05) is 11.3 Å². The van der Waals surface area contributed by atoms with E-state index in [1.54, 1.807) is 0 Å². The van der Waals surface area contributed by atoms with Crippen molar-refractivity contribution in [3.05, 3.63) is 22.4 Å². The maximum absolute atomic E-state index is 6.05. The molecule has 1 atom stereocenters. The summed E-state index contributed by atoms with van der Waals surface area (Å²) in [5.41, 5.74) is 0. The quantitative estimate of drug-likeness (QED) is 0.828. The minimum absolute atomic E-state index is 0.472. The summed E-state index contributed by atoms with van der Waals surface area (Å²) in [6.07, 6.45) is 4.01. The van der Waals surface area contributed by atoms with Crippen molar-refractivity contribution in [2.45, 2.75) is 31.9 Å². The number of thiophene rings is 1. The normalized spacial score (nSPS) is 26.0. The van der Waals surface area contributed by atoms with Gasteiger partial charge in [0.2, 0.25) is 0 Å². The molecular weight excluding hydrogens is 258 g/mol. The van der Waals surface area contributed by atoms with Crippen LogP contribution in [-0.4, -0.2) is 43.9 Å². The lowest BCUT2D eigenvalue weighted by Crippen LogP contribution is -2.37. The molecule has 0 spiro atoms. The summed E-state index contributed by atoms with van der Waals surface area (Å²) in [5.74, 6) is 0.643. The van der Waals surface area contributed by atoms with Gasteiger partial charge in [0, 0.05) is 37.0 Å². The van der Waals surface area contributed by atoms with E-state index in [1.165, 1.54) is 37.2 Å². The molecule has 2 saturated heterocycles. The summed E-state index contributed by atoms with van der Waals surface area (Å²) in [6, 6.07) is 4.37. The molecule has 3 rings (SSSR count). The number of piperidine rings is 1. The molecule has 0 aliphatic carbocycles. The fraction of sp³-hybridized carbons (Fsp3) is 0.733. The number of nitrogens with zero attached hydrogens (tertiary/aromatic N) is 1. The number of hydrogen-bond acceptors (Lipinski definition) is 4. The highest BCUT2D eigenvalue weighted by Gasteiger charge is 2.22. The van der Waals surface area contributed by atoms with Gasteiger partial charge in [0.15, 0.2) is 0 Å². The van der Waals surface area contributed by atoms with Gasteiger partial charge in [-0.3, -0.25) is 4.90 Å². The predicted molar refractivity (Wildman–Crippen MR) is 77.5 cm³/mol. The van der Waals surface area contributed by atoms with Crippen molar-refractivity contribution in [1.29, 1.82) is 0 Å². The fourth-order valence-electron chi connectivity index (χ4n) is 2.84. The lowest BCUT2D eigenvalue weighted by atomic mass is 10.1. The summed E-state index contributed by atoms with van der Waals surface area (Å²) in [6.45, 7) is 6.18. The third kappa shape index (κ3) is 4.02. The Kier molecular flexibility index (Phi) is 4.88. The van der Waals surface area contributed by atoms with E-state index in [0.717, 1.165) is 26.4 Å². The minimum Gasteiger partial charge on any atom is -0.381 e. The van der Waals surface area contributed by atoms with Crippen molar-refractivity contribution >= 4 is 11.3 Å². The van der Waals surface area contributed by atoms with Crippen LogP contribution in [0.25, 0.3) is 0 Å². The van der Waals surface area contributed by atoms with E-state index in [4.69, 9.17) is 9.47 Å². The highest BCUT2D eigenvalue weighted by molar-refractivity contribution is 7.09. The number of rotatable bonds is 5. The zero-order valence-electron chi connectivity index (χ0n) is 11.4. The van der Waals surface area contributed by atoms with E-state index in [9.17, 15) is 0 Å². The summed E-state index contributed by atoms with van der Waals surface area (Å²) < 4.78 is 11.4. The molecule has 0 unspecified atom stereocenters. The first-order valence-electron chi connectivity index (χ1n) is 7.34. The Morgan fingerprint density at radius 1 is 1.32 bits per heavy atom. The Labute approximate surface area is 119 Å². The Morgan fingerprint density at radius 2 is 2.21 bits per heavy atom. The third-order valence-corrected chi connectivity index (χ3v) is 4.95. The lowest BCUT2D eigenvalue weighted by molar-refractivity contribution is -0.0115. The van der Waals surface area contributed by atoms with Crippen molar-refractivity contribution in [1.82, 2.24) is 4.90 Å². The van der Waals surface area contributed by atoms with Gasteiger partial charge in [0.25, 0.3) is 0 Å². The van der Waals surface area contributed by atoms with E-state index in [0.29, 0.717) is 12.0 Å². The molecule has 0 saturated carbocycles. The molecule has 106 valence electrons. The van der Waals surface area contributed by atoms with Crippen molar-refractivity contribution in [2.75, 3.05) is 32.9 Å². The summed E-state index contributed by atoms with van der Waals surface area (Å²) in [7, 11) is 0. The zero-order valence-corrected chi connectivity index (χ0v) is 12.2. The largest absolute Gasteiger partial charge is 0.381 e. The fourth-order valence-corrected chi connectivity index (χ4v) is 3.59. The second-order valence-electron chi connectivity index (χ2n) is 5.62. The molecule has 19 heavy (non-hydrogen) atoms. The first-order chi connectivity index (χ1) is 9.40. The van der Waals surface area contributed by atoms with Crippen LogP contribution in [0.15, 0.2) is 17.5 Å². The van der Waals surface area contributed by atoms with Crippen LogP contribution in [0.5, 0.6) is 0 Å². The molecule has 0 radical (unpaired) electrons. The molecule has 0 amide bonds. The van der Waals surface area contributed by atoms with Gasteiger partial charge in [-0.05, 0) is 30.7 Å². The molecule has 2 fully saturated rings. The Morgan fingerprint density at radius 3 is 2.89 bits per heavy atom. The second kappa shape index (κ2) is 6.84. The van der Waals surface area contributed by atoms with Crippen LogP contribution in [0.2, 0.25) is 0 Å². The van der Waals surface area contributed by atoms with Gasteiger partial charge in [-0.1, -0.05) is 6.07 Å². The summed E-state index contributed by atoms with van der Waals surface area (Å²) in [4.78, 5) is 4.02. The molecule has 4 heteroatoms. The van der Waals surface area contributed by atoms with Crippen molar-refractivity contribution in [2.24, 2.45) is 5.92 Å². The van der Waals surface area contributed by atoms with Gasteiger partial charge >= 0.3 is 0 Å². The maximum atomic E-state index is 6.05. The molecule has 1 aromatic rings. The predicted octanol–water partition coefficient (Wildman–Crippen LogP) is 2.77. The van der Waals surface area contributed by atoms with Crippen LogP contribution in [0.1, 0.15) is 24.1 Å². The highest BCUT2D eigenvalue weighted by atomic mass is 32.1. The molecule has 0 bridgehead atoms. The zero-order chi connectivity index (χ0) is 12.9. The van der Waals surface area contributed by atoms with Crippen LogP contribution in [-0.2, 0) is 16.0 Å². The number of ether oxygens (including phenoxy) is 2. The van der Waals surface area contributed by atoms with Gasteiger partial charge in [-0.15, -0.1) is 11.3 Å². The maximum Gasteiger partial charge on any atom is 0.0599 e. The first kappa shape index (κ1) is 13.6. The van der Waals surface area contributed by atoms with Crippen molar-refractivity contribution in [3.63, 3.8) is 0 Å². The monoisotopic (exact) mass is 281 g/mol. The molecule has 2 aliphatic heterocycles.